The fourth-order valence-corrected chi connectivity index (χ4v) is 10.1. The first-order valence-electron chi connectivity index (χ1n) is 12.0. The quantitative estimate of drug-likeness (QED) is 0.246. The van der Waals surface area contributed by atoms with E-state index in [-0.39, 0.29) is 50.3 Å². The summed E-state index contributed by atoms with van der Waals surface area (Å²) in [5.74, 6) is 0. The Kier molecular flexibility index (Phi) is 17.3. The van der Waals surface area contributed by atoms with Gasteiger partial charge in [0.25, 0.3) is 0 Å². The predicted molar refractivity (Wildman–Crippen MR) is 160 cm³/mol. The molecule has 0 nitrogen and oxygen atoms in total. The van der Waals surface area contributed by atoms with Crippen molar-refractivity contribution in [2.75, 3.05) is 0 Å². The average Bonchev–Trinajstić information content (AvgIpc) is 2.40. The standard InChI is InChI=1S/3C9H21Si.Sn.H/c3*1-8(2,3)10(7)9(4,5)6;;/h3*1-7H3;;. The summed E-state index contributed by atoms with van der Waals surface area (Å²) in [6, 6.07) is 0. The summed E-state index contributed by atoms with van der Waals surface area (Å²) >= 11 is 0. The molecule has 0 fully saturated rings. The molecule has 0 rings (SSSR count). The van der Waals surface area contributed by atoms with Crippen molar-refractivity contribution in [3.05, 3.63) is 0 Å². The summed E-state index contributed by atoms with van der Waals surface area (Å²) in [6.45, 7) is 49.7. The monoisotopic (exact) mass is 592 g/mol. The minimum absolute atomic E-state index is 0. The van der Waals surface area contributed by atoms with E-state index in [1.807, 2.05) is 0 Å². The fourth-order valence-electron chi connectivity index (χ4n) is 3.38. The minimum atomic E-state index is -0.221. The summed E-state index contributed by atoms with van der Waals surface area (Å²) in [4.78, 5) is 0. The number of hydrogen-bond donors (Lipinski definition) is 0. The van der Waals surface area contributed by atoms with Crippen LogP contribution in [0.2, 0.25) is 49.9 Å². The van der Waals surface area contributed by atoms with E-state index in [1.165, 1.54) is 0 Å². The van der Waals surface area contributed by atoms with Gasteiger partial charge in [0.2, 0.25) is 0 Å². The maximum absolute atomic E-state index is 2.44. The van der Waals surface area contributed by atoms with Crippen LogP contribution < -0.4 is 0 Å². The van der Waals surface area contributed by atoms with Gasteiger partial charge in [0.1, 0.15) is 0 Å². The zero-order chi connectivity index (χ0) is 25.7. The van der Waals surface area contributed by atoms with Gasteiger partial charge in [-0.2, -0.15) is 0 Å². The summed E-state index contributed by atoms with van der Waals surface area (Å²) in [5, 5.41) is 3.27. The molecule has 0 aromatic rings. The molecule has 0 spiro atoms. The first-order valence-corrected chi connectivity index (χ1v) is 18.0. The van der Waals surface area contributed by atoms with Crippen molar-refractivity contribution < 1.29 is 0 Å². The third-order valence-corrected chi connectivity index (χ3v) is 20.2. The fraction of sp³-hybridized carbons (Fsp3) is 1.00. The van der Waals surface area contributed by atoms with Gasteiger partial charge in [-0.3, -0.25) is 0 Å². The molecule has 6 radical (unpaired) electrons. The Morgan fingerprint density at radius 3 is 0.323 bits per heavy atom. The van der Waals surface area contributed by atoms with Crippen LogP contribution in [-0.2, 0) is 0 Å². The molecule has 188 valence electrons. The third-order valence-electron chi connectivity index (χ3n) is 6.75. The Hall–Kier alpha value is 1.45. The average molecular weight is 592 g/mol. The van der Waals surface area contributed by atoms with Crippen LogP contribution >= 0.6 is 0 Å². The molecule has 0 saturated heterocycles. The predicted octanol–water partition coefficient (Wildman–Crippen LogP) is 10.5. The molecule has 0 heterocycles. The summed E-state index contributed by atoms with van der Waals surface area (Å²) in [6.07, 6.45) is 0. The molecule has 0 saturated carbocycles. The van der Waals surface area contributed by atoms with Gasteiger partial charge in [-0.15, -0.1) is 0 Å². The summed E-state index contributed by atoms with van der Waals surface area (Å²) < 4.78 is 0. The molecule has 0 aliphatic rings. The van der Waals surface area contributed by atoms with Gasteiger partial charge < -0.3 is 0 Å². The van der Waals surface area contributed by atoms with E-state index in [9.17, 15) is 0 Å². The van der Waals surface area contributed by atoms with Crippen LogP contribution in [0.1, 0.15) is 125 Å². The van der Waals surface area contributed by atoms with E-state index < -0.39 is 0 Å². The van der Waals surface area contributed by atoms with E-state index in [0.29, 0.717) is 30.2 Å². The molecule has 0 bridgehead atoms. The zero-order valence-electron chi connectivity index (χ0n) is 26.1. The molecule has 0 aromatic heterocycles. The van der Waals surface area contributed by atoms with Crippen molar-refractivity contribution in [3.63, 3.8) is 0 Å². The summed E-state index contributed by atoms with van der Waals surface area (Å²) in [5.41, 5.74) is 0. The molecule has 0 aliphatic carbocycles. The first-order chi connectivity index (χ1) is 12.5. The molecule has 0 aromatic carbocycles. The van der Waals surface area contributed by atoms with Gasteiger partial charge in [-0.25, -0.2) is 0 Å². The van der Waals surface area contributed by atoms with E-state index in [2.05, 4.69) is 144 Å². The van der Waals surface area contributed by atoms with Crippen LogP contribution in [0, 0.1) is 0 Å². The molecule has 0 aliphatic heterocycles. The second kappa shape index (κ2) is 13.5. The molecule has 0 unspecified atom stereocenters. The second-order valence-corrected chi connectivity index (χ2v) is 28.1. The van der Waals surface area contributed by atoms with Gasteiger partial charge in [0, 0.05) is 0 Å². The van der Waals surface area contributed by atoms with Crippen molar-refractivity contribution in [1.82, 2.24) is 0 Å². The van der Waals surface area contributed by atoms with Crippen molar-refractivity contribution in [2.45, 2.75) is 174 Å². The van der Waals surface area contributed by atoms with Crippen LogP contribution in [0.4, 0.5) is 0 Å². The Labute approximate surface area is 223 Å². The van der Waals surface area contributed by atoms with E-state index in [0.717, 1.165) is 0 Å². The summed E-state index contributed by atoms with van der Waals surface area (Å²) in [7, 11) is -0.662. The second-order valence-electron chi connectivity index (χ2n) is 15.4. The van der Waals surface area contributed by atoms with Crippen LogP contribution in [0.3, 0.4) is 0 Å². The molecular weight excluding hydrogens is 527 g/mol. The first kappa shape index (κ1) is 39.7. The Morgan fingerprint density at radius 2 is 0.323 bits per heavy atom. The van der Waals surface area contributed by atoms with Crippen molar-refractivity contribution in [3.8, 4) is 0 Å². The van der Waals surface area contributed by atoms with Crippen molar-refractivity contribution in [1.29, 1.82) is 0 Å². The van der Waals surface area contributed by atoms with Gasteiger partial charge in [-0.05, 0) is 30.2 Å². The van der Waals surface area contributed by atoms with Crippen molar-refractivity contribution in [2.24, 2.45) is 0 Å². The van der Waals surface area contributed by atoms with Gasteiger partial charge >= 0.3 is 23.9 Å². The van der Waals surface area contributed by atoms with Gasteiger partial charge in [0.15, 0.2) is 0 Å². The Balaban J connectivity index is -0.000000174. The van der Waals surface area contributed by atoms with E-state index in [4.69, 9.17) is 0 Å². The molecule has 0 amide bonds. The molecule has 4 heteroatoms. The number of hydrogen-bond acceptors (Lipinski definition) is 0. The van der Waals surface area contributed by atoms with Crippen LogP contribution in [0.15, 0.2) is 0 Å². The Bertz CT molecular complexity index is 344. The SMILES string of the molecule is C[Si](C(C)(C)C)C(C)(C)C.C[Si](C(C)(C)C)C(C)(C)C.C[Si](C(C)(C)C)C(C)(C)C.[SnH]. The molecule has 0 N–H and O–H groups in total. The normalized spacial score (nSPS) is 13.9. The van der Waals surface area contributed by atoms with Crippen LogP contribution in [0.5, 0.6) is 0 Å². The van der Waals surface area contributed by atoms with Crippen LogP contribution in [-0.4, -0.2) is 50.3 Å². The van der Waals surface area contributed by atoms with Crippen molar-refractivity contribution >= 4 is 50.3 Å². The van der Waals surface area contributed by atoms with Gasteiger partial charge in [-0.1, -0.05) is 144 Å². The molecular formula is C27H64Si3Sn. The topological polar surface area (TPSA) is 0 Å². The third kappa shape index (κ3) is 19.4. The molecule has 31 heavy (non-hydrogen) atoms. The van der Waals surface area contributed by atoms with E-state index >= 15 is 0 Å². The van der Waals surface area contributed by atoms with Crippen LogP contribution in [0.25, 0.3) is 0 Å². The molecule has 0 atom stereocenters. The maximum atomic E-state index is 2.44. The van der Waals surface area contributed by atoms with Gasteiger partial charge in [0.05, 0.1) is 26.4 Å². The zero-order valence-corrected chi connectivity index (χ0v) is 32.4. The number of rotatable bonds is 0. The Morgan fingerprint density at radius 1 is 0.258 bits per heavy atom. The van der Waals surface area contributed by atoms with E-state index in [1.54, 1.807) is 0 Å².